The summed E-state index contributed by atoms with van der Waals surface area (Å²) in [5, 5.41) is 2.06. The van der Waals surface area contributed by atoms with Crippen molar-refractivity contribution in [3.8, 4) is 21.9 Å². The van der Waals surface area contributed by atoms with Crippen LogP contribution in [-0.2, 0) is 17.8 Å². The number of thiophene rings is 1. The van der Waals surface area contributed by atoms with E-state index in [2.05, 4.69) is 17.5 Å². The Hall–Kier alpha value is -2.79. The van der Waals surface area contributed by atoms with E-state index in [0.717, 1.165) is 22.4 Å². The molecule has 138 valence electrons. The molecular weight excluding hydrogens is 358 g/mol. The molecule has 2 heterocycles. The lowest BCUT2D eigenvalue weighted by molar-refractivity contribution is -0.131. The van der Waals surface area contributed by atoms with Crippen molar-refractivity contribution in [1.82, 2.24) is 4.90 Å². The van der Waals surface area contributed by atoms with E-state index in [1.807, 2.05) is 47.4 Å². The van der Waals surface area contributed by atoms with Crippen molar-refractivity contribution in [1.29, 1.82) is 0 Å². The lowest BCUT2D eigenvalue weighted by atomic mass is 10.1. The molecule has 0 fully saturated rings. The lowest BCUT2D eigenvalue weighted by Gasteiger charge is -2.20. The van der Waals surface area contributed by atoms with Crippen LogP contribution in [0, 0.1) is 0 Å². The normalized spacial score (nSPS) is 13.4. The zero-order valence-corrected chi connectivity index (χ0v) is 16.0. The molecule has 0 atom stereocenters. The summed E-state index contributed by atoms with van der Waals surface area (Å²) in [4.78, 5) is 15.9. The van der Waals surface area contributed by atoms with E-state index in [9.17, 15) is 4.79 Å². The van der Waals surface area contributed by atoms with Gasteiger partial charge in [-0.3, -0.25) is 4.79 Å². The maximum atomic E-state index is 12.8. The highest BCUT2D eigenvalue weighted by Crippen LogP contribution is 2.39. The minimum Gasteiger partial charge on any atom is -0.493 e. The molecule has 1 amide bonds. The molecule has 0 aliphatic carbocycles. The van der Waals surface area contributed by atoms with Crippen molar-refractivity contribution in [2.24, 2.45) is 0 Å². The lowest BCUT2D eigenvalue weighted by Crippen LogP contribution is -2.33. The van der Waals surface area contributed by atoms with Gasteiger partial charge in [0.15, 0.2) is 11.5 Å². The average Bonchev–Trinajstić information content (AvgIpc) is 3.14. The second kappa shape index (κ2) is 7.84. The molecule has 0 spiro atoms. The first kappa shape index (κ1) is 17.6. The molecule has 1 aromatic heterocycles. The molecule has 4 rings (SSSR count). The van der Waals surface area contributed by atoms with Crippen LogP contribution in [0.15, 0.2) is 60.0 Å². The number of rotatable bonds is 4. The van der Waals surface area contributed by atoms with Gasteiger partial charge in [-0.2, -0.15) is 0 Å². The van der Waals surface area contributed by atoms with Gasteiger partial charge < -0.3 is 14.4 Å². The summed E-state index contributed by atoms with van der Waals surface area (Å²) in [5.74, 6) is 1.57. The number of amides is 1. The molecule has 0 bridgehead atoms. The van der Waals surface area contributed by atoms with Crippen LogP contribution in [0.5, 0.6) is 11.5 Å². The van der Waals surface area contributed by atoms with Crippen LogP contribution in [0.4, 0.5) is 0 Å². The van der Waals surface area contributed by atoms with Crippen molar-refractivity contribution in [2.75, 3.05) is 20.3 Å². The SMILES string of the molecule is COc1cc(-c2cccs2)cc2c1OCCN(C(=O)Cc1ccccc1)C2. The van der Waals surface area contributed by atoms with Crippen LogP contribution in [0.3, 0.4) is 0 Å². The van der Waals surface area contributed by atoms with Crippen LogP contribution in [0.25, 0.3) is 10.4 Å². The summed E-state index contributed by atoms with van der Waals surface area (Å²) in [6, 6.07) is 18.1. The first-order valence-corrected chi connectivity index (χ1v) is 9.82. The molecule has 1 aliphatic heterocycles. The van der Waals surface area contributed by atoms with Gasteiger partial charge in [-0.05, 0) is 34.7 Å². The molecule has 0 unspecified atom stereocenters. The smallest absolute Gasteiger partial charge is 0.227 e. The largest absolute Gasteiger partial charge is 0.493 e. The van der Waals surface area contributed by atoms with Crippen molar-refractivity contribution in [3.63, 3.8) is 0 Å². The molecule has 2 aromatic carbocycles. The van der Waals surface area contributed by atoms with Crippen molar-refractivity contribution in [2.45, 2.75) is 13.0 Å². The number of fused-ring (bicyclic) bond motifs is 1. The number of benzene rings is 2. The van der Waals surface area contributed by atoms with Crippen molar-refractivity contribution < 1.29 is 14.3 Å². The molecule has 5 heteroatoms. The van der Waals surface area contributed by atoms with E-state index >= 15 is 0 Å². The van der Waals surface area contributed by atoms with Gasteiger partial charge in [0, 0.05) is 17.0 Å². The molecular formula is C22H21NO3S. The average molecular weight is 379 g/mol. The second-order valence-electron chi connectivity index (χ2n) is 6.47. The fourth-order valence-electron chi connectivity index (χ4n) is 3.32. The number of ether oxygens (including phenoxy) is 2. The molecule has 27 heavy (non-hydrogen) atoms. The molecule has 0 saturated carbocycles. The number of hydrogen-bond donors (Lipinski definition) is 0. The quantitative estimate of drug-likeness (QED) is 0.675. The first-order valence-electron chi connectivity index (χ1n) is 8.94. The van der Waals surface area contributed by atoms with Gasteiger partial charge in [0.25, 0.3) is 0 Å². The number of methoxy groups -OCH3 is 1. The minimum atomic E-state index is 0.109. The molecule has 0 radical (unpaired) electrons. The number of carbonyl (C=O) groups excluding carboxylic acids is 1. The van der Waals surface area contributed by atoms with Gasteiger partial charge in [0.1, 0.15) is 6.61 Å². The summed E-state index contributed by atoms with van der Waals surface area (Å²) < 4.78 is 11.5. The summed E-state index contributed by atoms with van der Waals surface area (Å²) in [6.45, 7) is 1.55. The van der Waals surface area contributed by atoms with Crippen LogP contribution < -0.4 is 9.47 Å². The number of nitrogens with zero attached hydrogens (tertiary/aromatic N) is 1. The molecule has 1 aliphatic rings. The monoisotopic (exact) mass is 379 g/mol. The van der Waals surface area contributed by atoms with Gasteiger partial charge in [-0.15, -0.1) is 11.3 Å². The standard InChI is InChI=1S/C22H21NO3S/c1-25-19-14-17(20-8-5-11-27-20)13-18-15-23(9-10-26-22(18)19)21(24)12-16-6-3-2-4-7-16/h2-8,11,13-14H,9-10,12,15H2,1H3. The van der Waals surface area contributed by atoms with Crippen molar-refractivity contribution in [3.05, 3.63) is 71.1 Å². The van der Waals surface area contributed by atoms with Crippen LogP contribution in [-0.4, -0.2) is 31.1 Å². The maximum Gasteiger partial charge on any atom is 0.227 e. The van der Waals surface area contributed by atoms with E-state index in [1.54, 1.807) is 18.4 Å². The number of hydrogen-bond acceptors (Lipinski definition) is 4. The summed E-state index contributed by atoms with van der Waals surface area (Å²) in [6.07, 6.45) is 0.401. The van der Waals surface area contributed by atoms with Crippen LogP contribution in [0.2, 0.25) is 0 Å². The Kier molecular flexibility index (Phi) is 5.12. The first-order chi connectivity index (χ1) is 13.2. The van der Waals surface area contributed by atoms with E-state index in [1.165, 1.54) is 4.88 Å². The van der Waals surface area contributed by atoms with Gasteiger partial charge in [0.05, 0.1) is 20.1 Å². The summed E-state index contributed by atoms with van der Waals surface area (Å²) >= 11 is 1.68. The van der Waals surface area contributed by atoms with Crippen LogP contribution in [0.1, 0.15) is 11.1 Å². The summed E-state index contributed by atoms with van der Waals surface area (Å²) in [7, 11) is 1.65. The Morgan fingerprint density at radius 2 is 2.04 bits per heavy atom. The van der Waals surface area contributed by atoms with Gasteiger partial charge in [0.2, 0.25) is 5.91 Å². The van der Waals surface area contributed by atoms with Gasteiger partial charge in [-0.1, -0.05) is 36.4 Å². The van der Waals surface area contributed by atoms with Gasteiger partial charge >= 0.3 is 0 Å². The van der Waals surface area contributed by atoms with E-state index in [0.29, 0.717) is 31.9 Å². The Balaban J connectivity index is 1.62. The summed E-state index contributed by atoms with van der Waals surface area (Å²) in [5.41, 5.74) is 3.09. The van der Waals surface area contributed by atoms with Crippen LogP contribution >= 0.6 is 11.3 Å². The highest BCUT2D eigenvalue weighted by molar-refractivity contribution is 7.13. The zero-order chi connectivity index (χ0) is 18.6. The fourth-order valence-corrected chi connectivity index (χ4v) is 4.03. The topological polar surface area (TPSA) is 38.8 Å². The van der Waals surface area contributed by atoms with E-state index in [-0.39, 0.29) is 5.91 Å². The highest BCUT2D eigenvalue weighted by atomic mass is 32.1. The predicted molar refractivity (Wildman–Crippen MR) is 107 cm³/mol. The van der Waals surface area contributed by atoms with Crippen molar-refractivity contribution >= 4 is 17.2 Å². The Labute approximate surface area is 163 Å². The molecule has 4 nitrogen and oxygen atoms in total. The highest BCUT2D eigenvalue weighted by Gasteiger charge is 2.23. The van der Waals surface area contributed by atoms with E-state index < -0.39 is 0 Å². The Bertz CT molecular complexity index is 922. The maximum absolute atomic E-state index is 12.8. The molecule has 0 N–H and O–H groups in total. The third kappa shape index (κ3) is 3.83. The number of carbonyl (C=O) groups is 1. The Morgan fingerprint density at radius 1 is 1.19 bits per heavy atom. The third-order valence-electron chi connectivity index (χ3n) is 4.68. The third-order valence-corrected chi connectivity index (χ3v) is 5.60. The fraction of sp³-hybridized carbons (Fsp3) is 0.227. The minimum absolute atomic E-state index is 0.109. The van der Waals surface area contributed by atoms with E-state index in [4.69, 9.17) is 9.47 Å². The zero-order valence-electron chi connectivity index (χ0n) is 15.2. The second-order valence-corrected chi connectivity index (χ2v) is 7.42. The molecule has 0 saturated heterocycles. The van der Waals surface area contributed by atoms with Gasteiger partial charge in [-0.25, -0.2) is 0 Å². The molecule has 3 aromatic rings. The predicted octanol–water partition coefficient (Wildman–Crippen LogP) is 4.39. The Morgan fingerprint density at radius 3 is 2.78 bits per heavy atom.